The lowest BCUT2D eigenvalue weighted by atomic mass is 9.79. The predicted molar refractivity (Wildman–Crippen MR) is 122 cm³/mol. The summed E-state index contributed by atoms with van der Waals surface area (Å²) in [6.07, 6.45) is 10.9. The number of carbonyl (C=O) groups excluding carboxylic acids is 1. The van der Waals surface area contributed by atoms with Crippen LogP contribution in [-0.2, 0) is 20.7 Å². The molecule has 5 nitrogen and oxygen atoms in total. The van der Waals surface area contributed by atoms with Gasteiger partial charge in [0.05, 0.1) is 14.2 Å². The first-order chi connectivity index (χ1) is 15.4. The molecule has 2 N–H and O–H groups in total. The number of methoxy groups -OCH3 is 2. The van der Waals surface area contributed by atoms with Gasteiger partial charge in [0.1, 0.15) is 22.7 Å². The Balaban J connectivity index is 1.74. The standard InChI is InChI=1S/C27H26O5/c1-31-19-11-15-26(29,16-12-19)23-9-5-3-7-21(23)25(28)22-8-4-6-10-24(22)27(30)17-13-20(32-2)14-18-27/h3-15,17,29-30H,16,18H2,1-2H3. The van der Waals surface area contributed by atoms with Gasteiger partial charge in [0.2, 0.25) is 0 Å². The van der Waals surface area contributed by atoms with Crippen molar-refractivity contribution in [1.29, 1.82) is 0 Å². The Hall–Kier alpha value is -3.41. The molecule has 0 aromatic heterocycles. The first-order valence-corrected chi connectivity index (χ1v) is 10.5. The van der Waals surface area contributed by atoms with Gasteiger partial charge >= 0.3 is 0 Å². The summed E-state index contributed by atoms with van der Waals surface area (Å²) in [7, 11) is 3.15. The molecule has 2 aliphatic rings. The van der Waals surface area contributed by atoms with Crippen LogP contribution in [0.1, 0.15) is 39.9 Å². The van der Waals surface area contributed by atoms with E-state index in [1.807, 2.05) is 0 Å². The number of hydrogen-bond donors (Lipinski definition) is 2. The molecular weight excluding hydrogens is 404 g/mol. The highest BCUT2D eigenvalue weighted by atomic mass is 16.5. The molecule has 0 radical (unpaired) electrons. The number of carbonyl (C=O) groups is 1. The van der Waals surface area contributed by atoms with Crippen molar-refractivity contribution in [2.45, 2.75) is 24.0 Å². The molecule has 0 spiro atoms. The minimum Gasteiger partial charge on any atom is -0.497 e. The van der Waals surface area contributed by atoms with Crippen LogP contribution in [0.4, 0.5) is 0 Å². The lowest BCUT2D eigenvalue weighted by Crippen LogP contribution is -2.29. The zero-order valence-corrected chi connectivity index (χ0v) is 18.1. The zero-order valence-electron chi connectivity index (χ0n) is 18.1. The van der Waals surface area contributed by atoms with Crippen LogP contribution in [0.2, 0.25) is 0 Å². The normalized spacial score (nSPS) is 24.5. The van der Waals surface area contributed by atoms with Gasteiger partial charge in [0.15, 0.2) is 5.78 Å². The number of ether oxygens (including phenoxy) is 2. The van der Waals surface area contributed by atoms with E-state index in [1.165, 1.54) is 0 Å². The third-order valence-corrected chi connectivity index (χ3v) is 6.02. The Morgan fingerprint density at radius 3 is 1.50 bits per heavy atom. The van der Waals surface area contributed by atoms with E-state index in [2.05, 4.69) is 0 Å². The highest BCUT2D eigenvalue weighted by Crippen LogP contribution is 2.37. The van der Waals surface area contributed by atoms with Gasteiger partial charge in [-0.25, -0.2) is 0 Å². The summed E-state index contributed by atoms with van der Waals surface area (Å²) in [4.78, 5) is 13.7. The molecule has 0 amide bonds. The Kier molecular flexibility index (Phi) is 5.87. The molecule has 2 aromatic rings. The lowest BCUT2D eigenvalue weighted by molar-refractivity contribution is 0.0821. The van der Waals surface area contributed by atoms with Crippen molar-refractivity contribution < 1.29 is 24.5 Å². The summed E-state index contributed by atoms with van der Waals surface area (Å²) in [5, 5.41) is 22.7. The lowest BCUT2D eigenvalue weighted by Gasteiger charge is -2.30. The number of rotatable bonds is 6. The summed E-state index contributed by atoms with van der Waals surface area (Å²) >= 11 is 0. The van der Waals surface area contributed by atoms with Gasteiger partial charge < -0.3 is 19.7 Å². The summed E-state index contributed by atoms with van der Waals surface area (Å²) in [6.45, 7) is 0. The van der Waals surface area contributed by atoms with Crippen LogP contribution in [0.15, 0.2) is 96.5 Å². The van der Waals surface area contributed by atoms with Crippen molar-refractivity contribution in [3.63, 3.8) is 0 Å². The molecule has 32 heavy (non-hydrogen) atoms. The first kappa shape index (κ1) is 21.8. The average Bonchev–Trinajstić information content (AvgIpc) is 2.84. The quantitative estimate of drug-likeness (QED) is 0.670. The molecule has 0 bridgehead atoms. The van der Waals surface area contributed by atoms with Crippen LogP contribution in [0.3, 0.4) is 0 Å². The smallest absolute Gasteiger partial charge is 0.193 e. The molecule has 164 valence electrons. The minimum atomic E-state index is -1.33. The highest BCUT2D eigenvalue weighted by molar-refractivity contribution is 6.11. The van der Waals surface area contributed by atoms with Crippen LogP contribution in [0.5, 0.6) is 0 Å². The van der Waals surface area contributed by atoms with E-state index < -0.39 is 11.2 Å². The van der Waals surface area contributed by atoms with E-state index in [0.717, 1.165) is 0 Å². The molecule has 0 fully saturated rings. The Morgan fingerprint density at radius 2 is 1.16 bits per heavy atom. The van der Waals surface area contributed by atoms with Crippen LogP contribution in [-0.4, -0.2) is 30.2 Å². The fraction of sp³-hybridized carbons (Fsp3) is 0.222. The average molecular weight is 431 g/mol. The molecule has 0 saturated carbocycles. The Labute approximate surface area is 187 Å². The second-order valence-corrected chi connectivity index (χ2v) is 7.96. The van der Waals surface area contributed by atoms with Gasteiger partial charge in [-0.1, -0.05) is 48.5 Å². The first-order valence-electron chi connectivity index (χ1n) is 10.5. The van der Waals surface area contributed by atoms with Gasteiger partial charge in [-0.3, -0.25) is 4.79 Å². The maximum atomic E-state index is 13.7. The SMILES string of the molecule is COC1=CCC(O)(c2ccccc2C(=O)c2ccccc2C2(O)C=CC(OC)=CC2)C=C1. The second-order valence-electron chi connectivity index (χ2n) is 7.96. The third-order valence-electron chi connectivity index (χ3n) is 6.02. The summed E-state index contributed by atoms with van der Waals surface area (Å²) in [6, 6.07) is 14.1. The van der Waals surface area contributed by atoms with Gasteiger partial charge in [-0.05, 0) is 47.6 Å². The number of hydrogen-bond acceptors (Lipinski definition) is 5. The van der Waals surface area contributed by atoms with E-state index >= 15 is 0 Å². The molecule has 2 unspecified atom stereocenters. The van der Waals surface area contributed by atoms with Crippen molar-refractivity contribution in [3.05, 3.63) is 119 Å². The largest absolute Gasteiger partial charge is 0.497 e. The number of ketones is 1. The summed E-state index contributed by atoms with van der Waals surface area (Å²) in [5.74, 6) is 1.07. The predicted octanol–water partition coefficient (Wildman–Crippen LogP) is 4.27. The maximum absolute atomic E-state index is 13.7. The van der Waals surface area contributed by atoms with Crippen molar-refractivity contribution in [1.82, 2.24) is 0 Å². The minimum absolute atomic E-state index is 0.261. The molecule has 2 atom stereocenters. The third kappa shape index (κ3) is 3.93. The van der Waals surface area contributed by atoms with Crippen molar-refractivity contribution >= 4 is 5.78 Å². The van der Waals surface area contributed by atoms with E-state index in [0.29, 0.717) is 33.8 Å². The van der Waals surface area contributed by atoms with Crippen molar-refractivity contribution in [2.75, 3.05) is 14.2 Å². The van der Waals surface area contributed by atoms with Crippen molar-refractivity contribution in [3.8, 4) is 0 Å². The van der Waals surface area contributed by atoms with E-state index in [9.17, 15) is 15.0 Å². The van der Waals surface area contributed by atoms with E-state index in [-0.39, 0.29) is 18.6 Å². The highest BCUT2D eigenvalue weighted by Gasteiger charge is 2.35. The van der Waals surface area contributed by atoms with Crippen LogP contribution in [0, 0.1) is 0 Å². The molecule has 5 heteroatoms. The van der Waals surface area contributed by atoms with Crippen LogP contribution >= 0.6 is 0 Å². The molecular formula is C27H26O5. The zero-order chi connectivity index (χ0) is 22.8. The summed E-state index contributed by atoms with van der Waals surface area (Å²) < 4.78 is 10.5. The summed E-state index contributed by atoms with van der Waals surface area (Å²) in [5.41, 5.74) is -0.872. The molecule has 0 heterocycles. The molecule has 0 saturated heterocycles. The van der Waals surface area contributed by atoms with Gasteiger partial charge in [0.25, 0.3) is 0 Å². The number of benzene rings is 2. The molecule has 4 rings (SSSR count). The Morgan fingerprint density at radius 1 is 0.750 bits per heavy atom. The topological polar surface area (TPSA) is 76.0 Å². The van der Waals surface area contributed by atoms with E-state index in [1.54, 1.807) is 99.2 Å². The Bertz CT molecular complexity index is 1070. The fourth-order valence-corrected chi connectivity index (χ4v) is 4.19. The maximum Gasteiger partial charge on any atom is 0.193 e. The van der Waals surface area contributed by atoms with Gasteiger partial charge in [-0.15, -0.1) is 0 Å². The van der Waals surface area contributed by atoms with Crippen LogP contribution in [0.25, 0.3) is 0 Å². The number of allylic oxidation sites excluding steroid dienone is 2. The monoisotopic (exact) mass is 430 g/mol. The van der Waals surface area contributed by atoms with Gasteiger partial charge in [0, 0.05) is 24.0 Å². The molecule has 2 aliphatic carbocycles. The fourth-order valence-electron chi connectivity index (χ4n) is 4.19. The second kappa shape index (κ2) is 8.61. The number of aliphatic hydroxyl groups is 2. The molecule has 2 aromatic carbocycles. The molecule has 0 aliphatic heterocycles. The van der Waals surface area contributed by atoms with Crippen LogP contribution < -0.4 is 0 Å². The van der Waals surface area contributed by atoms with Crippen molar-refractivity contribution in [2.24, 2.45) is 0 Å². The van der Waals surface area contributed by atoms with E-state index in [4.69, 9.17) is 9.47 Å². The van der Waals surface area contributed by atoms with Gasteiger partial charge in [-0.2, -0.15) is 0 Å².